The Labute approximate surface area is 123 Å². The maximum Gasteiger partial charge on any atom is 0.338 e. The topological polar surface area (TPSA) is 63.3 Å². The van der Waals surface area contributed by atoms with Gasteiger partial charge in [0.15, 0.2) is 5.76 Å². The van der Waals surface area contributed by atoms with Gasteiger partial charge in [-0.05, 0) is 30.7 Å². The predicted octanol–water partition coefficient (Wildman–Crippen LogP) is 4.22. The molecular formula is C15H10FNO3S. The first kappa shape index (κ1) is 13.5. The van der Waals surface area contributed by atoms with Gasteiger partial charge < -0.3 is 9.52 Å². The third kappa shape index (κ3) is 2.57. The SMILES string of the molecule is Cc1cc(-c2nc(-c3cc(C(=O)O)co3)cs2)ccc1F. The van der Waals surface area contributed by atoms with Crippen LogP contribution in [0.25, 0.3) is 22.0 Å². The summed E-state index contributed by atoms with van der Waals surface area (Å²) in [5, 5.41) is 11.4. The molecule has 0 fully saturated rings. The van der Waals surface area contributed by atoms with E-state index in [1.165, 1.54) is 29.7 Å². The van der Waals surface area contributed by atoms with E-state index < -0.39 is 5.97 Å². The summed E-state index contributed by atoms with van der Waals surface area (Å²) in [7, 11) is 0. The molecule has 0 amide bonds. The second-order valence-corrected chi connectivity index (χ2v) is 5.36. The van der Waals surface area contributed by atoms with Crippen LogP contribution in [0.15, 0.2) is 40.3 Å². The summed E-state index contributed by atoms with van der Waals surface area (Å²) in [5.74, 6) is -0.906. The molecule has 0 aliphatic heterocycles. The number of rotatable bonds is 3. The third-order valence-electron chi connectivity index (χ3n) is 3.01. The van der Waals surface area contributed by atoms with Gasteiger partial charge in [-0.15, -0.1) is 11.3 Å². The zero-order valence-electron chi connectivity index (χ0n) is 11.0. The number of hydrogen-bond acceptors (Lipinski definition) is 4. The van der Waals surface area contributed by atoms with E-state index in [9.17, 15) is 9.18 Å². The van der Waals surface area contributed by atoms with Crippen LogP contribution in [0.3, 0.4) is 0 Å². The van der Waals surface area contributed by atoms with Gasteiger partial charge in [0.25, 0.3) is 0 Å². The van der Waals surface area contributed by atoms with E-state index in [4.69, 9.17) is 9.52 Å². The Morgan fingerprint density at radius 2 is 2.19 bits per heavy atom. The fourth-order valence-corrected chi connectivity index (χ4v) is 2.69. The van der Waals surface area contributed by atoms with Gasteiger partial charge in [0, 0.05) is 17.0 Å². The van der Waals surface area contributed by atoms with Crippen LogP contribution in [0.4, 0.5) is 4.39 Å². The first-order valence-corrected chi connectivity index (χ1v) is 6.97. The van der Waals surface area contributed by atoms with E-state index >= 15 is 0 Å². The number of aromatic nitrogens is 1. The van der Waals surface area contributed by atoms with E-state index in [2.05, 4.69) is 4.98 Å². The average molecular weight is 303 g/mol. The number of furan rings is 1. The molecule has 0 saturated heterocycles. The molecule has 0 aliphatic carbocycles. The van der Waals surface area contributed by atoms with Gasteiger partial charge in [-0.1, -0.05) is 0 Å². The molecule has 2 heterocycles. The molecule has 3 aromatic rings. The Kier molecular flexibility index (Phi) is 3.31. The maximum atomic E-state index is 13.3. The maximum absolute atomic E-state index is 13.3. The monoisotopic (exact) mass is 303 g/mol. The standard InChI is InChI=1S/C15H10FNO3S/c1-8-4-9(2-3-11(8)16)14-17-12(7-21-14)13-5-10(6-20-13)15(18)19/h2-7H,1H3,(H,18,19). The van der Waals surface area contributed by atoms with E-state index in [1.54, 1.807) is 24.4 Å². The molecule has 106 valence electrons. The van der Waals surface area contributed by atoms with E-state index in [0.29, 0.717) is 17.0 Å². The summed E-state index contributed by atoms with van der Waals surface area (Å²) < 4.78 is 18.5. The molecule has 0 spiro atoms. The lowest BCUT2D eigenvalue weighted by molar-refractivity contribution is 0.0696. The first-order chi connectivity index (χ1) is 10.0. The van der Waals surface area contributed by atoms with E-state index in [-0.39, 0.29) is 11.4 Å². The van der Waals surface area contributed by atoms with Crippen molar-refractivity contribution in [2.45, 2.75) is 6.92 Å². The van der Waals surface area contributed by atoms with Crippen molar-refractivity contribution < 1.29 is 18.7 Å². The summed E-state index contributed by atoms with van der Waals surface area (Å²) in [6.07, 6.45) is 1.18. The predicted molar refractivity (Wildman–Crippen MR) is 76.9 cm³/mol. The van der Waals surface area contributed by atoms with Gasteiger partial charge in [0.05, 0.1) is 5.56 Å². The molecule has 0 atom stereocenters. The average Bonchev–Trinajstić information content (AvgIpc) is 3.09. The lowest BCUT2D eigenvalue weighted by atomic mass is 10.1. The van der Waals surface area contributed by atoms with Gasteiger partial charge in [-0.25, -0.2) is 14.2 Å². The number of thiazole rings is 1. The summed E-state index contributed by atoms with van der Waals surface area (Å²) >= 11 is 1.39. The van der Waals surface area contributed by atoms with Crippen LogP contribution in [-0.2, 0) is 0 Å². The molecule has 0 unspecified atom stereocenters. The first-order valence-electron chi connectivity index (χ1n) is 6.09. The molecule has 0 aliphatic rings. The molecule has 4 nitrogen and oxygen atoms in total. The van der Waals surface area contributed by atoms with Gasteiger partial charge in [-0.3, -0.25) is 0 Å². The van der Waals surface area contributed by atoms with Crippen LogP contribution in [0.2, 0.25) is 0 Å². The molecule has 1 aromatic carbocycles. The van der Waals surface area contributed by atoms with Crippen molar-refractivity contribution in [2.75, 3.05) is 0 Å². The number of benzene rings is 1. The Balaban J connectivity index is 1.95. The van der Waals surface area contributed by atoms with Crippen molar-refractivity contribution in [3.63, 3.8) is 0 Å². The highest BCUT2D eigenvalue weighted by Gasteiger charge is 2.13. The number of aromatic carboxylic acids is 1. The molecule has 3 rings (SSSR count). The van der Waals surface area contributed by atoms with Crippen molar-refractivity contribution in [3.05, 3.63) is 52.9 Å². The summed E-state index contributed by atoms with van der Waals surface area (Å²) in [6.45, 7) is 1.69. The highest BCUT2D eigenvalue weighted by Crippen LogP contribution is 2.30. The molecule has 1 N–H and O–H groups in total. The second-order valence-electron chi connectivity index (χ2n) is 4.51. The van der Waals surface area contributed by atoms with E-state index in [0.717, 1.165) is 10.6 Å². The summed E-state index contributed by atoms with van der Waals surface area (Å²) in [6, 6.07) is 6.22. The number of aryl methyl sites for hydroxylation is 1. The number of carbonyl (C=O) groups is 1. The van der Waals surface area contributed by atoms with Crippen molar-refractivity contribution in [3.8, 4) is 22.0 Å². The van der Waals surface area contributed by atoms with Crippen molar-refractivity contribution >= 4 is 17.3 Å². The zero-order chi connectivity index (χ0) is 15.0. The van der Waals surface area contributed by atoms with Crippen LogP contribution in [0, 0.1) is 12.7 Å². The number of halogens is 1. The quantitative estimate of drug-likeness (QED) is 0.787. The second kappa shape index (κ2) is 5.14. The molecule has 0 saturated carbocycles. The van der Waals surface area contributed by atoms with Gasteiger partial charge in [-0.2, -0.15) is 0 Å². The number of carboxylic acids is 1. The minimum atomic E-state index is -1.05. The van der Waals surface area contributed by atoms with Crippen LogP contribution in [-0.4, -0.2) is 16.1 Å². The molecule has 0 radical (unpaired) electrons. The molecular weight excluding hydrogens is 293 g/mol. The Morgan fingerprint density at radius 1 is 1.38 bits per heavy atom. The van der Waals surface area contributed by atoms with Gasteiger partial charge in [0.2, 0.25) is 0 Å². The minimum Gasteiger partial charge on any atom is -0.478 e. The number of carboxylic acid groups (broad SMARTS) is 1. The molecule has 0 bridgehead atoms. The summed E-state index contributed by atoms with van der Waals surface area (Å²) in [5.41, 5.74) is 2.01. The van der Waals surface area contributed by atoms with Crippen LogP contribution in [0.1, 0.15) is 15.9 Å². The number of nitrogens with zero attached hydrogens (tertiary/aromatic N) is 1. The molecule has 2 aromatic heterocycles. The van der Waals surface area contributed by atoms with Gasteiger partial charge >= 0.3 is 5.97 Å². The van der Waals surface area contributed by atoms with E-state index in [1.807, 2.05) is 0 Å². The minimum absolute atomic E-state index is 0.0807. The smallest absolute Gasteiger partial charge is 0.338 e. The highest BCUT2D eigenvalue weighted by molar-refractivity contribution is 7.13. The molecule has 6 heteroatoms. The molecule has 21 heavy (non-hydrogen) atoms. The third-order valence-corrected chi connectivity index (χ3v) is 3.90. The Bertz CT molecular complexity index is 822. The Hall–Kier alpha value is -2.47. The zero-order valence-corrected chi connectivity index (χ0v) is 11.8. The lowest BCUT2D eigenvalue weighted by Crippen LogP contribution is -1.91. The van der Waals surface area contributed by atoms with Crippen molar-refractivity contribution in [1.82, 2.24) is 4.98 Å². The fourth-order valence-electron chi connectivity index (χ4n) is 1.88. The van der Waals surface area contributed by atoms with Crippen molar-refractivity contribution in [2.24, 2.45) is 0 Å². The number of hydrogen-bond donors (Lipinski definition) is 1. The van der Waals surface area contributed by atoms with Crippen molar-refractivity contribution in [1.29, 1.82) is 0 Å². The van der Waals surface area contributed by atoms with Crippen LogP contribution in [0.5, 0.6) is 0 Å². The van der Waals surface area contributed by atoms with Crippen LogP contribution < -0.4 is 0 Å². The van der Waals surface area contributed by atoms with Gasteiger partial charge in [0.1, 0.15) is 22.8 Å². The summed E-state index contributed by atoms with van der Waals surface area (Å²) in [4.78, 5) is 15.2. The van der Waals surface area contributed by atoms with Crippen LogP contribution >= 0.6 is 11.3 Å². The fraction of sp³-hybridized carbons (Fsp3) is 0.0667. The lowest BCUT2D eigenvalue weighted by Gasteiger charge is -1.99. The normalized spacial score (nSPS) is 10.8. The Morgan fingerprint density at radius 3 is 2.86 bits per heavy atom. The highest BCUT2D eigenvalue weighted by atomic mass is 32.1. The largest absolute Gasteiger partial charge is 0.478 e.